The zero-order valence-corrected chi connectivity index (χ0v) is 14.1. The minimum absolute atomic E-state index is 0.0320. The van der Waals surface area contributed by atoms with Crippen molar-refractivity contribution >= 4 is 22.5 Å². The Morgan fingerprint density at radius 1 is 1.24 bits per heavy atom. The molecule has 3 rings (SSSR count). The van der Waals surface area contributed by atoms with Gasteiger partial charge in [-0.3, -0.25) is 14.2 Å². The van der Waals surface area contributed by atoms with E-state index in [0.29, 0.717) is 28.8 Å². The Morgan fingerprint density at radius 3 is 2.76 bits per heavy atom. The number of phenolic OH excluding ortho intramolecular Hbond substituents is 1. The van der Waals surface area contributed by atoms with Crippen LogP contribution in [0.1, 0.15) is 17.8 Å². The number of para-hydroxylation sites is 1. The number of anilines is 1. The number of aryl methyl sites for hydroxylation is 2. The number of nitrogens with one attached hydrogen (secondary N) is 1. The Hall–Kier alpha value is -3.15. The average molecular weight is 337 g/mol. The van der Waals surface area contributed by atoms with Crippen LogP contribution in [-0.4, -0.2) is 20.6 Å². The summed E-state index contributed by atoms with van der Waals surface area (Å²) in [7, 11) is 1.65. The van der Waals surface area contributed by atoms with Crippen LogP contribution in [0, 0.1) is 6.92 Å². The molecule has 3 aromatic rings. The number of aromatic hydroxyl groups is 1. The number of benzene rings is 2. The fourth-order valence-corrected chi connectivity index (χ4v) is 2.67. The summed E-state index contributed by atoms with van der Waals surface area (Å²) in [5.41, 5.74) is 1.77. The van der Waals surface area contributed by atoms with Crippen molar-refractivity contribution in [3.05, 3.63) is 64.2 Å². The van der Waals surface area contributed by atoms with E-state index in [1.807, 2.05) is 19.1 Å². The van der Waals surface area contributed by atoms with Gasteiger partial charge in [-0.1, -0.05) is 18.2 Å². The second kappa shape index (κ2) is 6.76. The fourth-order valence-electron chi connectivity index (χ4n) is 2.67. The summed E-state index contributed by atoms with van der Waals surface area (Å²) in [6, 6.07) is 12.2. The summed E-state index contributed by atoms with van der Waals surface area (Å²) < 4.78 is 1.47. The van der Waals surface area contributed by atoms with Crippen LogP contribution in [0.4, 0.5) is 5.69 Å². The lowest BCUT2D eigenvalue weighted by molar-refractivity contribution is -0.116. The van der Waals surface area contributed by atoms with E-state index in [1.54, 1.807) is 37.4 Å². The number of hydrogen-bond donors (Lipinski definition) is 2. The van der Waals surface area contributed by atoms with Gasteiger partial charge in [-0.05, 0) is 36.8 Å². The predicted octanol–water partition coefficient (Wildman–Crippen LogP) is 2.52. The Balaban J connectivity index is 1.75. The lowest BCUT2D eigenvalue weighted by Gasteiger charge is -2.10. The molecular weight excluding hydrogens is 318 g/mol. The molecule has 128 valence electrons. The first-order valence-electron chi connectivity index (χ1n) is 8.00. The highest BCUT2D eigenvalue weighted by Crippen LogP contribution is 2.24. The van der Waals surface area contributed by atoms with Crippen molar-refractivity contribution in [2.45, 2.75) is 19.8 Å². The van der Waals surface area contributed by atoms with Crippen molar-refractivity contribution in [1.29, 1.82) is 0 Å². The van der Waals surface area contributed by atoms with Crippen LogP contribution in [0.3, 0.4) is 0 Å². The van der Waals surface area contributed by atoms with Crippen molar-refractivity contribution in [1.82, 2.24) is 9.55 Å². The number of aromatic nitrogens is 2. The number of hydrogen-bond acceptors (Lipinski definition) is 4. The second-order valence-electron chi connectivity index (χ2n) is 5.98. The molecule has 0 saturated carbocycles. The van der Waals surface area contributed by atoms with Gasteiger partial charge in [-0.25, -0.2) is 4.98 Å². The quantitative estimate of drug-likeness (QED) is 0.717. The molecular formula is C19H19N3O3. The lowest BCUT2D eigenvalue weighted by Crippen LogP contribution is -2.23. The molecule has 0 spiro atoms. The molecule has 0 aliphatic heterocycles. The van der Waals surface area contributed by atoms with Gasteiger partial charge >= 0.3 is 0 Å². The Bertz CT molecular complexity index is 1010. The number of fused-ring (bicyclic) bond motifs is 1. The molecule has 2 N–H and O–H groups in total. The topological polar surface area (TPSA) is 84.2 Å². The number of carbonyl (C=O) groups is 1. The van der Waals surface area contributed by atoms with Crippen LogP contribution in [0.5, 0.6) is 5.75 Å². The maximum absolute atomic E-state index is 12.4. The van der Waals surface area contributed by atoms with Gasteiger partial charge in [-0.2, -0.15) is 0 Å². The van der Waals surface area contributed by atoms with E-state index in [-0.39, 0.29) is 23.6 Å². The number of phenols is 1. The Kier molecular flexibility index (Phi) is 4.52. The molecule has 6 nitrogen and oxygen atoms in total. The van der Waals surface area contributed by atoms with Crippen LogP contribution in [0.2, 0.25) is 0 Å². The van der Waals surface area contributed by atoms with Gasteiger partial charge in [0.25, 0.3) is 5.56 Å². The number of rotatable bonds is 4. The van der Waals surface area contributed by atoms with Crippen molar-refractivity contribution in [2.75, 3.05) is 5.32 Å². The van der Waals surface area contributed by atoms with Gasteiger partial charge in [-0.15, -0.1) is 0 Å². The predicted molar refractivity (Wildman–Crippen MR) is 96.8 cm³/mol. The summed E-state index contributed by atoms with van der Waals surface area (Å²) in [5.74, 6) is 0.332. The molecule has 25 heavy (non-hydrogen) atoms. The van der Waals surface area contributed by atoms with E-state index in [2.05, 4.69) is 10.3 Å². The van der Waals surface area contributed by atoms with Crippen molar-refractivity contribution in [2.24, 2.45) is 7.05 Å². The summed E-state index contributed by atoms with van der Waals surface area (Å²) >= 11 is 0. The van der Waals surface area contributed by atoms with Gasteiger partial charge < -0.3 is 10.4 Å². The Labute approximate surface area is 144 Å². The van der Waals surface area contributed by atoms with Crippen LogP contribution in [0.25, 0.3) is 10.9 Å². The molecule has 1 aromatic heterocycles. The van der Waals surface area contributed by atoms with Gasteiger partial charge in [0.05, 0.1) is 16.6 Å². The van der Waals surface area contributed by atoms with E-state index < -0.39 is 0 Å². The van der Waals surface area contributed by atoms with Gasteiger partial charge in [0.15, 0.2) is 0 Å². The summed E-state index contributed by atoms with van der Waals surface area (Å²) in [4.78, 5) is 29.0. The van der Waals surface area contributed by atoms with E-state index in [9.17, 15) is 14.7 Å². The van der Waals surface area contributed by atoms with Crippen molar-refractivity contribution in [3.8, 4) is 5.75 Å². The number of carbonyl (C=O) groups excluding carboxylic acids is 1. The first kappa shape index (κ1) is 16.7. The Morgan fingerprint density at radius 2 is 2.00 bits per heavy atom. The average Bonchev–Trinajstić information content (AvgIpc) is 2.59. The smallest absolute Gasteiger partial charge is 0.261 e. The highest BCUT2D eigenvalue weighted by molar-refractivity contribution is 5.92. The maximum atomic E-state index is 12.4. The molecule has 0 aliphatic rings. The van der Waals surface area contributed by atoms with Gasteiger partial charge in [0, 0.05) is 19.9 Å². The van der Waals surface area contributed by atoms with Crippen LogP contribution >= 0.6 is 0 Å². The molecule has 0 unspecified atom stereocenters. The van der Waals surface area contributed by atoms with E-state index in [1.165, 1.54) is 4.57 Å². The molecule has 0 bridgehead atoms. The molecule has 0 saturated heterocycles. The lowest BCUT2D eigenvalue weighted by atomic mass is 10.2. The number of amides is 1. The fraction of sp³-hybridized carbons (Fsp3) is 0.211. The SMILES string of the molecule is Cc1ccc(NC(=O)CCc2nc3ccccc3c(=O)n2C)c(O)c1. The molecule has 0 aliphatic carbocycles. The van der Waals surface area contributed by atoms with E-state index in [0.717, 1.165) is 5.56 Å². The minimum Gasteiger partial charge on any atom is -0.506 e. The highest BCUT2D eigenvalue weighted by Gasteiger charge is 2.11. The molecule has 1 heterocycles. The highest BCUT2D eigenvalue weighted by atomic mass is 16.3. The van der Waals surface area contributed by atoms with Gasteiger partial charge in [0.2, 0.25) is 5.91 Å². The summed E-state index contributed by atoms with van der Waals surface area (Å²) in [5, 5.41) is 13.1. The molecule has 0 radical (unpaired) electrons. The third-order valence-corrected chi connectivity index (χ3v) is 4.08. The van der Waals surface area contributed by atoms with Crippen LogP contribution in [-0.2, 0) is 18.3 Å². The van der Waals surface area contributed by atoms with Crippen LogP contribution in [0.15, 0.2) is 47.3 Å². The van der Waals surface area contributed by atoms with Crippen molar-refractivity contribution < 1.29 is 9.90 Å². The zero-order chi connectivity index (χ0) is 18.0. The molecule has 6 heteroatoms. The standard InChI is InChI=1S/C19H19N3O3/c1-12-7-8-15(16(23)11-12)21-18(24)10-9-17-20-14-6-4-3-5-13(14)19(25)22(17)2/h3-8,11,23H,9-10H2,1-2H3,(H,21,24). The second-order valence-corrected chi connectivity index (χ2v) is 5.98. The van der Waals surface area contributed by atoms with E-state index >= 15 is 0 Å². The van der Waals surface area contributed by atoms with Gasteiger partial charge in [0.1, 0.15) is 11.6 Å². The first-order chi connectivity index (χ1) is 12.0. The molecule has 1 amide bonds. The summed E-state index contributed by atoms with van der Waals surface area (Å²) in [6.45, 7) is 1.86. The third-order valence-electron chi connectivity index (χ3n) is 4.08. The number of nitrogens with zero attached hydrogens (tertiary/aromatic N) is 2. The maximum Gasteiger partial charge on any atom is 0.261 e. The molecule has 2 aromatic carbocycles. The minimum atomic E-state index is -0.249. The van der Waals surface area contributed by atoms with Crippen molar-refractivity contribution in [3.63, 3.8) is 0 Å². The third kappa shape index (κ3) is 3.52. The van der Waals surface area contributed by atoms with E-state index in [4.69, 9.17) is 0 Å². The molecule has 0 fully saturated rings. The van der Waals surface area contributed by atoms with Crippen LogP contribution < -0.4 is 10.9 Å². The first-order valence-corrected chi connectivity index (χ1v) is 8.00. The zero-order valence-electron chi connectivity index (χ0n) is 14.1. The molecule has 0 atom stereocenters. The largest absolute Gasteiger partial charge is 0.506 e. The monoisotopic (exact) mass is 337 g/mol. The normalized spacial score (nSPS) is 10.8. The summed E-state index contributed by atoms with van der Waals surface area (Å²) in [6.07, 6.45) is 0.487.